The fourth-order valence-electron chi connectivity index (χ4n) is 2.37. The number of carbonyl (C=O) groups excluding carboxylic acids is 3. The number of primary amides is 1. The molecule has 28 heavy (non-hydrogen) atoms. The van der Waals surface area contributed by atoms with E-state index in [9.17, 15) is 14.4 Å². The van der Waals surface area contributed by atoms with E-state index in [1.165, 1.54) is 12.1 Å². The van der Waals surface area contributed by atoms with E-state index in [4.69, 9.17) is 24.7 Å². The van der Waals surface area contributed by atoms with Gasteiger partial charge in [-0.3, -0.25) is 10.1 Å². The van der Waals surface area contributed by atoms with Crippen molar-refractivity contribution < 1.29 is 33.3 Å². The molecule has 156 valence electrons. The van der Waals surface area contributed by atoms with Crippen LogP contribution in [0.4, 0.5) is 4.79 Å². The van der Waals surface area contributed by atoms with Crippen LogP contribution in [0.1, 0.15) is 45.0 Å². The number of nitrogens with two attached hydrogens (primary N) is 1. The fraction of sp³-hybridized carbons (Fsp3) is 0.526. The van der Waals surface area contributed by atoms with Crippen molar-refractivity contribution in [1.29, 1.82) is 0 Å². The Morgan fingerprint density at radius 1 is 0.964 bits per heavy atom. The lowest BCUT2D eigenvalue weighted by atomic mass is 10.1. The highest BCUT2D eigenvalue weighted by atomic mass is 16.6. The van der Waals surface area contributed by atoms with E-state index in [1.54, 1.807) is 27.7 Å². The van der Waals surface area contributed by atoms with Crippen molar-refractivity contribution in [2.75, 3.05) is 19.8 Å². The molecule has 0 spiro atoms. The number of nitrogens with one attached hydrogen (secondary N) is 1. The Balaban J connectivity index is 3.23. The molecule has 0 radical (unpaired) electrons. The predicted octanol–water partition coefficient (Wildman–Crippen LogP) is 2.26. The molecule has 0 bridgehead atoms. The zero-order chi connectivity index (χ0) is 21.3. The quantitative estimate of drug-likeness (QED) is 0.581. The molecule has 0 fully saturated rings. The second-order valence-electron chi connectivity index (χ2n) is 6.02. The van der Waals surface area contributed by atoms with E-state index < -0.39 is 24.0 Å². The first kappa shape index (κ1) is 23.1. The Kier molecular flexibility index (Phi) is 9.07. The lowest BCUT2D eigenvalue weighted by molar-refractivity contribution is -0.130. The largest absolute Gasteiger partial charge is 0.490 e. The summed E-state index contributed by atoms with van der Waals surface area (Å²) in [5.41, 5.74) is 5.08. The summed E-state index contributed by atoms with van der Waals surface area (Å²) in [6.45, 7) is 9.83. The minimum atomic E-state index is -1.20. The van der Waals surface area contributed by atoms with Gasteiger partial charge in [0, 0.05) is 0 Å². The van der Waals surface area contributed by atoms with Crippen LogP contribution in [0.25, 0.3) is 0 Å². The zero-order valence-electron chi connectivity index (χ0n) is 16.9. The molecule has 1 aromatic rings. The average Bonchev–Trinajstić information content (AvgIpc) is 2.61. The van der Waals surface area contributed by atoms with Crippen molar-refractivity contribution >= 4 is 17.9 Å². The van der Waals surface area contributed by atoms with Gasteiger partial charge in [0.15, 0.2) is 17.6 Å². The summed E-state index contributed by atoms with van der Waals surface area (Å²) in [5, 5.41) is 1.92. The van der Waals surface area contributed by atoms with Crippen molar-refractivity contribution in [3.05, 3.63) is 17.7 Å². The third kappa shape index (κ3) is 6.33. The lowest BCUT2D eigenvalue weighted by Crippen LogP contribution is -2.45. The number of urea groups is 1. The molecule has 0 saturated heterocycles. The summed E-state index contributed by atoms with van der Waals surface area (Å²) >= 11 is 0. The van der Waals surface area contributed by atoms with Crippen LogP contribution in [-0.2, 0) is 9.53 Å². The van der Waals surface area contributed by atoms with E-state index >= 15 is 0 Å². The van der Waals surface area contributed by atoms with Gasteiger partial charge in [0.05, 0.1) is 25.4 Å². The molecule has 3 N–H and O–H groups in total. The number of imide groups is 1. The number of benzene rings is 1. The van der Waals surface area contributed by atoms with E-state index in [-0.39, 0.29) is 11.5 Å². The molecule has 1 rings (SSSR count). The Bertz CT molecular complexity index is 677. The molecule has 0 aromatic heterocycles. The van der Waals surface area contributed by atoms with Gasteiger partial charge < -0.3 is 24.7 Å². The van der Waals surface area contributed by atoms with Crippen molar-refractivity contribution in [2.24, 2.45) is 11.7 Å². The maximum absolute atomic E-state index is 12.7. The molecule has 9 heteroatoms. The van der Waals surface area contributed by atoms with Crippen molar-refractivity contribution in [3.63, 3.8) is 0 Å². The second-order valence-corrected chi connectivity index (χ2v) is 6.02. The summed E-state index contributed by atoms with van der Waals surface area (Å²) in [6, 6.07) is 1.90. The topological polar surface area (TPSA) is 126 Å². The van der Waals surface area contributed by atoms with Gasteiger partial charge in [-0.25, -0.2) is 9.59 Å². The van der Waals surface area contributed by atoms with Crippen LogP contribution in [-0.4, -0.2) is 43.8 Å². The minimum Gasteiger partial charge on any atom is -0.490 e. The predicted molar refractivity (Wildman–Crippen MR) is 102 cm³/mol. The van der Waals surface area contributed by atoms with Gasteiger partial charge in [-0.15, -0.1) is 0 Å². The number of hydrogen-bond acceptors (Lipinski definition) is 7. The Hall–Kier alpha value is -2.97. The Labute approximate surface area is 164 Å². The normalized spacial score (nSPS) is 11.5. The van der Waals surface area contributed by atoms with Gasteiger partial charge in [-0.05, 0) is 38.8 Å². The Morgan fingerprint density at radius 2 is 1.46 bits per heavy atom. The van der Waals surface area contributed by atoms with Gasteiger partial charge in [-0.2, -0.15) is 0 Å². The van der Waals surface area contributed by atoms with Crippen molar-refractivity contribution in [2.45, 2.75) is 40.7 Å². The zero-order valence-corrected chi connectivity index (χ0v) is 16.9. The van der Waals surface area contributed by atoms with Crippen LogP contribution >= 0.6 is 0 Å². The number of ether oxygens (including phenoxy) is 4. The summed E-state index contributed by atoms with van der Waals surface area (Å²) in [7, 11) is 0. The molecule has 0 aliphatic carbocycles. The molecule has 1 atom stereocenters. The monoisotopic (exact) mass is 396 g/mol. The van der Waals surface area contributed by atoms with Gasteiger partial charge in [-0.1, -0.05) is 13.8 Å². The average molecular weight is 396 g/mol. The molecule has 0 saturated carbocycles. The van der Waals surface area contributed by atoms with E-state index in [1.807, 2.05) is 12.2 Å². The van der Waals surface area contributed by atoms with E-state index in [2.05, 4.69) is 0 Å². The number of rotatable bonds is 10. The molecule has 9 nitrogen and oxygen atoms in total. The third-order valence-electron chi connectivity index (χ3n) is 3.49. The fourth-order valence-corrected chi connectivity index (χ4v) is 2.37. The van der Waals surface area contributed by atoms with Crippen LogP contribution in [0, 0.1) is 5.92 Å². The molecule has 1 aromatic carbocycles. The first-order valence-electron chi connectivity index (χ1n) is 9.12. The first-order chi connectivity index (χ1) is 13.2. The highest BCUT2D eigenvalue weighted by Gasteiger charge is 2.29. The first-order valence-corrected chi connectivity index (χ1v) is 9.12. The van der Waals surface area contributed by atoms with Crippen LogP contribution < -0.4 is 25.3 Å². The summed E-state index contributed by atoms with van der Waals surface area (Å²) in [5.74, 6) is -0.923. The molecule has 0 aliphatic heterocycles. The lowest BCUT2D eigenvalue weighted by Gasteiger charge is -2.21. The second kappa shape index (κ2) is 11.0. The highest BCUT2D eigenvalue weighted by Crippen LogP contribution is 2.39. The van der Waals surface area contributed by atoms with Gasteiger partial charge in [0.1, 0.15) is 0 Å². The van der Waals surface area contributed by atoms with Crippen molar-refractivity contribution in [1.82, 2.24) is 5.32 Å². The van der Waals surface area contributed by atoms with E-state index in [0.29, 0.717) is 37.1 Å². The number of carbonyl (C=O) groups is 3. The minimum absolute atomic E-state index is 0.118. The molecule has 0 unspecified atom stereocenters. The standard InChI is InChI=1S/C19H28N2O7/c1-6-25-13-9-12(10-14(26-7-2)16(13)27-8-3)18(23)28-15(11(4)5)17(22)21-19(20)24/h9-11,15H,6-8H2,1-5H3,(H3,20,21,22,24)/t15-/m1/s1. The van der Waals surface area contributed by atoms with Crippen molar-refractivity contribution in [3.8, 4) is 17.2 Å². The number of amides is 3. The maximum atomic E-state index is 12.7. The summed E-state index contributed by atoms with van der Waals surface area (Å²) < 4.78 is 22.0. The molecular weight excluding hydrogens is 368 g/mol. The number of esters is 1. The molecule has 0 aliphatic rings. The van der Waals surface area contributed by atoms with Gasteiger partial charge in [0.25, 0.3) is 5.91 Å². The highest BCUT2D eigenvalue weighted by molar-refractivity contribution is 5.98. The Morgan fingerprint density at radius 3 is 1.86 bits per heavy atom. The molecule has 0 heterocycles. The van der Waals surface area contributed by atoms with Crippen LogP contribution in [0.2, 0.25) is 0 Å². The van der Waals surface area contributed by atoms with E-state index in [0.717, 1.165) is 0 Å². The molecule has 3 amide bonds. The summed E-state index contributed by atoms with van der Waals surface area (Å²) in [4.78, 5) is 35.7. The van der Waals surface area contributed by atoms with Crippen LogP contribution in [0.3, 0.4) is 0 Å². The SMILES string of the molecule is CCOc1cc(C(=O)O[C@@H](C(=O)NC(N)=O)C(C)C)cc(OCC)c1OCC. The van der Waals surface area contributed by atoms with Gasteiger partial charge >= 0.3 is 12.0 Å². The summed E-state index contributed by atoms with van der Waals surface area (Å²) in [6.07, 6.45) is -1.20. The smallest absolute Gasteiger partial charge is 0.339 e. The molecular formula is C19H28N2O7. The maximum Gasteiger partial charge on any atom is 0.339 e. The van der Waals surface area contributed by atoms with Crippen LogP contribution in [0.5, 0.6) is 17.2 Å². The number of hydrogen-bond donors (Lipinski definition) is 2. The third-order valence-corrected chi connectivity index (χ3v) is 3.49. The van der Waals surface area contributed by atoms with Crippen LogP contribution in [0.15, 0.2) is 12.1 Å². The van der Waals surface area contributed by atoms with Gasteiger partial charge in [0.2, 0.25) is 5.75 Å².